The van der Waals surface area contributed by atoms with E-state index in [4.69, 9.17) is 0 Å². The lowest BCUT2D eigenvalue weighted by atomic mass is 10.2. The van der Waals surface area contributed by atoms with E-state index < -0.39 is 0 Å². The summed E-state index contributed by atoms with van der Waals surface area (Å²) in [5, 5.41) is 6.86. The van der Waals surface area contributed by atoms with Crippen molar-refractivity contribution < 1.29 is 4.79 Å². The largest absolute Gasteiger partial charge is 0.336 e. The maximum absolute atomic E-state index is 12.2. The quantitative estimate of drug-likeness (QED) is 0.647. The summed E-state index contributed by atoms with van der Waals surface area (Å²) < 4.78 is 0. The summed E-state index contributed by atoms with van der Waals surface area (Å²) >= 11 is 1.68. The molecule has 0 aliphatic heterocycles. The second-order valence-corrected chi connectivity index (χ2v) is 7.06. The van der Waals surface area contributed by atoms with Gasteiger partial charge in [-0.2, -0.15) is 0 Å². The van der Waals surface area contributed by atoms with Crippen LogP contribution in [-0.2, 0) is 5.75 Å². The van der Waals surface area contributed by atoms with Crippen LogP contribution in [-0.4, -0.2) is 41.6 Å². The Morgan fingerprint density at radius 3 is 2.69 bits per heavy atom. The number of hydrogen-bond donors (Lipinski definition) is 2. The van der Waals surface area contributed by atoms with Gasteiger partial charge in [0.05, 0.1) is 5.03 Å². The number of rotatable bonds is 9. The topological polar surface area (TPSA) is 57.3 Å². The van der Waals surface area contributed by atoms with E-state index in [2.05, 4.69) is 47.4 Å². The number of pyridine rings is 1. The normalized spacial score (nSPS) is 12.0. The number of hydrogen-bond acceptors (Lipinski definition) is 4. The number of nitrogens with zero attached hydrogens (tertiary/aromatic N) is 2. The van der Waals surface area contributed by atoms with Crippen molar-refractivity contribution in [1.82, 2.24) is 15.2 Å². The monoisotopic (exact) mass is 372 g/mol. The van der Waals surface area contributed by atoms with E-state index in [-0.39, 0.29) is 6.03 Å². The third-order valence-corrected chi connectivity index (χ3v) is 5.22. The molecule has 2 rings (SSSR count). The van der Waals surface area contributed by atoms with Crippen molar-refractivity contribution >= 4 is 23.5 Å². The van der Waals surface area contributed by atoms with Crippen LogP contribution in [0.5, 0.6) is 0 Å². The van der Waals surface area contributed by atoms with Gasteiger partial charge >= 0.3 is 6.03 Å². The summed E-state index contributed by atoms with van der Waals surface area (Å²) in [6.45, 7) is 8.99. The second-order valence-electron chi connectivity index (χ2n) is 6.06. The third-order valence-electron chi connectivity index (χ3n) is 4.20. The van der Waals surface area contributed by atoms with Gasteiger partial charge in [0.25, 0.3) is 0 Å². The van der Waals surface area contributed by atoms with Gasteiger partial charge in [-0.3, -0.25) is 4.90 Å². The molecule has 2 amide bonds. The fourth-order valence-corrected chi connectivity index (χ4v) is 3.52. The molecule has 1 atom stereocenters. The van der Waals surface area contributed by atoms with E-state index in [1.807, 2.05) is 36.4 Å². The number of benzene rings is 1. The van der Waals surface area contributed by atoms with Gasteiger partial charge in [-0.15, -0.1) is 11.8 Å². The van der Waals surface area contributed by atoms with Crippen molar-refractivity contribution in [2.45, 2.75) is 37.6 Å². The van der Waals surface area contributed by atoms with Crippen molar-refractivity contribution in [2.24, 2.45) is 0 Å². The molecule has 0 saturated carbocycles. The predicted octanol–water partition coefficient (Wildman–Crippen LogP) is 4.23. The van der Waals surface area contributed by atoms with Crippen LogP contribution in [0.25, 0.3) is 0 Å². The fraction of sp³-hybridized carbons (Fsp3) is 0.400. The van der Waals surface area contributed by atoms with Crippen LogP contribution in [0.3, 0.4) is 0 Å². The zero-order chi connectivity index (χ0) is 18.8. The van der Waals surface area contributed by atoms with Gasteiger partial charge in [0.1, 0.15) is 0 Å². The first-order valence-electron chi connectivity index (χ1n) is 9.04. The van der Waals surface area contributed by atoms with E-state index >= 15 is 0 Å². The van der Waals surface area contributed by atoms with Gasteiger partial charge < -0.3 is 10.6 Å². The Morgan fingerprint density at radius 2 is 2.00 bits per heavy atom. The van der Waals surface area contributed by atoms with E-state index in [0.717, 1.165) is 35.1 Å². The van der Waals surface area contributed by atoms with Crippen molar-refractivity contribution in [3.8, 4) is 0 Å². The molecular formula is C20H28N4OS. The summed E-state index contributed by atoms with van der Waals surface area (Å²) in [6, 6.07) is 14.0. The molecule has 0 radical (unpaired) electrons. The summed E-state index contributed by atoms with van der Waals surface area (Å²) in [7, 11) is 0. The maximum Gasteiger partial charge on any atom is 0.319 e. The van der Waals surface area contributed by atoms with Crippen LogP contribution in [0, 0.1) is 0 Å². The van der Waals surface area contributed by atoms with Gasteiger partial charge in [0.15, 0.2) is 0 Å². The molecule has 2 aromatic rings. The molecule has 0 aliphatic rings. The molecule has 2 N–H and O–H groups in total. The minimum absolute atomic E-state index is 0.168. The smallest absolute Gasteiger partial charge is 0.319 e. The highest BCUT2D eigenvalue weighted by Crippen LogP contribution is 2.22. The molecular weight excluding hydrogens is 344 g/mol. The Hall–Kier alpha value is -2.05. The molecule has 26 heavy (non-hydrogen) atoms. The highest BCUT2D eigenvalue weighted by atomic mass is 32.2. The van der Waals surface area contributed by atoms with Crippen molar-refractivity contribution in [1.29, 1.82) is 0 Å². The minimum atomic E-state index is -0.168. The SMILES string of the molecule is CCN(CC)C(C)CNC(=O)Nc1cccc(CSc2ccccn2)c1. The number of likely N-dealkylation sites (N-methyl/N-ethyl adjacent to an activating group) is 1. The van der Waals surface area contributed by atoms with Crippen LogP contribution < -0.4 is 10.6 Å². The summed E-state index contributed by atoms with van der Waals surface area (Å²) in [5.74, 6) is 0.813. The standard InChI is InChI=1S/C20H28N4OS/c1-4-24(5-2)16(3)14-22-20(25)23-18-10-8-9-17(13-18)15-26-19-11-6-7-12-21-19/h6-13,16H,4-5,14-15H2,1-3H3,(H2,22,23,25). The van der Waals surface area contributed by atoms with E-state index in [9.17, 15) is 4.79 Å². The molecule has 0 aliphatic carbocycles. The van der Waals surface area contributed by atoms with Crippen molar-refractivity contribution in [3.63, 3.8) is 0 Å². The van der Waals surface area contributed by atoms with Crippen molar-refractivity contribution in [2.75, 3.05) is 25.0 Å². The number of nitrogens with one attached hydrogen (secondary N) is 2. The number of urea groups is 1. The van der Waals surface area contributed by atoms with Crippen LogP contribution in [0.2, 0.25) is 0 Å². The number of carbonyl (C=O) groups excluding carboxylic acids is 1. The molecule has 0 fully saturated rings. The Bertz CT molecular complexity index is 677. The van der Waals surface area contributed by atoms with Crippen LogP contribution in [0.4, 0.5) is 10.5 Å². The average molecular weight is 373 g/mol. The summed E-state index contributed by atoms with van der Waals surface area (Å²) in [4.78, 5) is 18.8. The van der Waals surface area contributed by atoms with Crippen molar-refractivity contribution in [3.05, 3.63) is 54.2 Å². The van der Waals surface area contributed by atoms with Gasteiger partial charge in [0.2, 0.25) is 0 Å². The van der Waals surface area contributed by atoms with E-state index in [0.29, 0.717) is 12.6 Å². The number of carbonyl (C=O) groups is 1. The molecule has 140 valence electrons. The Labute approximate surface area is 160 Å². The number of amides is 2. The maximum atomic E-state index is 12.2. The summed E-state index contributed by atoms with van der Waals surface area (Å²) in [6.07, 6.45) is 1.80. The molecule has 5 nitrogen and oxygen atoms in total. The molecule has 1 aromatic carbocycles. The molecule has 1 heterocycles. The van der Waals surface area contributed by atoms with Gasteiger partial charge in [-0.25, -0.2) is 9.78 Å². The first kappa shape index (κ1) is 20.3. The molecule has 0 saturated heterocycles. The van der Waals surface area contributed by atoms with Gasteiger partial charge in [-0.1, -0.05) is 32.0 Å². The van der Waals surface area contributed by atoms with Gasteiger partial charge in [0, 0.05) is 30.2 Å². The lowest BCUT2D eigenvalue weighted by Crippen LogP contribution is -2.43. The third kappa shape index (κ3) is 6.69. The molecule has 1 aromatic heterocycles. The molecule has 0 bridgehead atoms. The lowest BCUT2D eigenvalue weighted by Gasteiger charge is -2.26. The van der Waals surface area contributed by atoms with E-state index in [1.165, 1.54) is 0 Å². The predicted molar refractivity (Wildman–Crippen MR) is 110 cm³/mol. The lowest BCUT2D eigenvalue weighted by molar-refractivity contribution is 0.220. The Morgan fingerprint density at radius 1 is 1.19 bits per heavy atom. The fourth-order valence-electron chi connectivity index (χ4n) is 2.72. The molecule has 1 unspecified atom stereocenters. The van der Waals surface area contributed by atoms with E-state index in [1.54, 1.807) is 18.0 Å². The average Bonchev–Trinajstić information content (AvgIpc) is 2.67. The first-order chi connectivity index (χ1) is 12.6. The van der Waals surface area contributed by atoms with Crippen LogP contribution in [0.15, 0.2) is 53.7 Å². The Kier molecular flexibility index (Phi) is 8.44. The number of aromatic nitrogens is 1. The number of anilines is 1. The van der Waals surface area contributed by atoms with Crippen LogP contribution in [0.1, 0.15) is 26.3 Å². The highest BCUT2D eigenvalue weighted by Gasteiger charge is 2.11. The molecule has 0 spiro atoms. The minimum Gasteiger partial charge on any atom is -0.336 e. The second kappa shape index (κ2) is 10.8. The van der Waals surface area contributed by atoms with Gasteiger partial charge in [-0.05, 0) is 49.8 Å². The molecule has 6 heteroatoms. The van der Waals surface area contributed by atoms with Crippen LogP contribution >= 0.6 is 11.8 Å². The zero-order valence-corrected chi connectivity index (χ0v) is 16.6. The number of thioether (sulfide) groups is 1. The first-order valence-corrected chi connectivity index (χ1v) is 10.0. The zero-order valence-electron chi connectivity index (χ0n) is 15.7. The Balaban J connectivity index is 1.82. The summed E-state index contributed by atoms with van der Waals surface area (Å²) in [5.41, 5.74) is 1.95. The highest BCUT2D eigenvalue weighted by molar-refractivity contribution is 7.98.